The minimum absolute atomic E-state index is 0.0969. The van der Waals surface area contributed by atoms with Gasteiger partial charge >= 0.3 is 7.12 Å². The highest BCUT2D eigenvalue weighted by Crippen LogP contribution is 1.97. The van der Waals surface area contributed by atoms with Crippen molar-refractivity contribution in [3.8, 4) is 6.07 Å². The summed E-state index contributed by atoms with van der Waals surface area (Å²) in [6, 6.07) is 3.28. The maximum Gasteiger partial charge on any atom is 0.491 e. The molecule has 5 nitrogen and oxygen atoms in total. The molecule has 0 aliphatic heterocycles. The molecular weight excluding hydrogens is 169 g/mol. The summed E-state index contributed by atoms with van der Waals surface area (Å²) in [6.07, 6.45) is 1.24. The van der Waals surface area contributed by atoms with Gasteiger partial charge in [0.2, 0.25) is 0 Å². The number of hydrogen-bond acceptors (Lipinski definition) is 5. The zero-order chi connectivity index (χ0) is 9.84. The topological polar surface area (TPSA) is 103 Å². The molecule has 0 aromatic carbocycles. The van der Waals surface area contributed by atoms with Crippen LogP contribution in [0.2, 0.25) is 0 Å². The highest BCUT2D eigenvalue weighted by atomic mass is 16.4. The molecule has 0 atom stereocenters. The predicted octanol–water partition coefficient (Wildman–Crippen LogP) is -1.91. The summed E-state index contributed by atoms with van der Waals surface area (Å²) in [7, 11) is -1.67. The third-order valence-corrected chi connectivity index (χ3v) is 1.60. The molecule has 4 N–H and O–H groups in total. The second-order valence-corrected chi connectivity index (χ2v) is 2.45. The SMILES string of the molecule is N#Cc1cc(CN)ncc1B(O)O. The molecule has 0 fully saturated rings. The van der Waals surface area contributed by atoms with Crippen LogP contribution in [0.1, 0.15) is 11.3 Å². The summed E-state index contributed by atoms with van der Waals surface area (Å²) in [5, 5.41) is 26.3. The molecule has 0 saturated carbocycles. The number of nitrogens with two attached hydrogens (primary N) is 1. The Balaban J connectivity index is 3.18. The van der Waals surface area contributed by atoms with Crippen LogP contribution in [0.3, 0.4) is 0 Å². The molecule has 0 unspecified atom stereocenters. The zero-order valence-corrected chi connectivity index (χ0v) is 6.81. The molecule has 66 valence electrons. The molecule has 0 aliphatic rings. The van der Waals surface area contributed by atoms with E-state index in [-0.39, 0.29) is 17.6 Å². The average molecular weight is 177 g/mol. The normalized spacial score (nSPS) is 9.38. The summed E-state index contributed by atoms with van der Waals surface area (Å²) in [4.78, 5) is 3.83. The quantitative estimate of drug-likeness (QED) is 0.457. The van der Waals surface area contributed by atoms with Crippen molar-refractivity contribution in [3.05, 3.63) is 23.5 Å². The number of pyridine rings is 1. The van der Waals surface area contributed by atoms with Crippen molar-refractivity contribution in [1.82, 2.24) is 4.98 Å². The first-order chi connectivity index (χ1) is 6.19. The minimum Gasteiger partial charge on any atom is -0.423 e. The van der Waals surface area contributed by atoms with Crippen molar-refractivity contribution in [2.45, 2.75) is 6.54 Å². The van der Waals surface area contributed by atoms with Gasteiger partial charge < -0.3 is 15.8 Å². The Bertz CT molecular complexity index is 348. The lowest BCUT2D eigenvalue weighted by Crippen LogP contribution is -2.33. The fourth-order valence-electron chi connectivity index (χ4n) is 0.923. The number of nitriles is 1. The molecule has 1 aromatic rings. The van der Waals surface area contributed by atoms with E-state index in [2.05, 4.69) is 4.98 Å². The van der Waals surface area contributed by atoms with Gasteiger partial charge in [-0.25, -0.2) is 0 Å². The first kappa shape index (κ1) is 9.67. The summed E-state index contributed by atoms with van der Waals surface area (Å²) in [5.41, 5.74) is 6.13. The summed E-state index contributed by atoms with van der Waals surface area (Å²) >= 11 is 0. The van der Waals surface area contributed by atoms with Crippen molar-refractivity contribution in [2.75, 3.05) is 0 Å². The lowest BCUT2D eigenvalue weighted by atomic mass is 9.78. The van der Waals surface area contributed by atoms with E-state index >= 15 is 0 Å². The van der Waals surface area contributed by atoms with E-state index in [4.69, 9.17) is 21.0 Å². The standard InChI is InChI=1S/C7H8BN3O2/c9-2-5-1-6(3-10)11-4-7(5)8(12)13/h1,4,12-13H,3,10H2. The van der Waals surface area contributed by atoms with Gasteiger partial charge in [-0.15, -0.1) is 0 Å². The summed E-state index contributed by atoms with van der Waals surface area (Å²) in [5.74, 6) is 0. The van der Waals surface area contributed by atoms with Gasteiger partial charge in [-0.2, -0.15) is 5.26 Å². The second kappa shape index (κ2) is 4.00. The van der Waals surface area contributed by atoms with Crippen LogP contribution in [-0.2, 0) is 6.54 Å². The molecule has 0 aliphatic carbocycles. The average Bonchev–Trinajstić information content (AvgIpc) is 2.16. The molecule has 0 saturated heterocycles. The van der Waals surface area contributed by atoms with Crippen molar-refractivity contribution >= 4 is 12.6 Å². The molecular formula is C7H8BN3O2. The Morgan fingerprint density at radius 1 is 1.62 bits per heavy atom. The van der Waals surface area contributed by atoms with Crippen LogP contribution in [-0.4, -0.2) is 22.2 Å². The van der Waals surface area contributed by atoms with Gasteiger partial charge in [-0.3, -0.25) is 4.98 Å². The Morgan fingerprint density at radius 2 is 2.31 bits per heavy atom. The van der Waals surface area contributed by atoms with Crippen molar-refractivity contribution in [1.29, 1.82) is 5.26 Å². The zero-order valence-electron chi connectivity index (χ0n) is 6.81. The molecule has 0 bridgehead atoms. The van der Waals surface area contributed by atoms with Crippen molar-refractivity contribution in [3.63, 3.8) is 0 Å². The van der Waals surface area contributed by atoms with E-state index in [0.717, 1.165) is 0 Å². The predicted molar refractivity (Wildman–Crippen MR) is 46.7 cm³/mol. The third kappa shape index (κ3) is 2.03. The van der Waals surface area contributed by atoms with Gasteiger partial charge in [0, 0.05) is 18.2 Å². The lowest BCUT2D eigenvalue weighted by Gasteiger charge is -2.02. The van der Waals surface area contributed by atoms with Crippen LogP contribution in [0.4, 0.5) is 0 Å². The second-order valence-electron chi connectivity index (χ2n) is 2.45. The fraction of sp³-hybridized carbons (Fsp3) is 0.143. The van der Waals surface area contributed by atoms with E-state index in [1.807, 2.05) is 6.07 Å². The van der Waals surface area contributed by atoms with Crippen LogP contribution in [0.5, 0.6) is 0 Å². The number of rotatable bonds is 2. The molecule has 0 radical (unpaired) electrons. The van der Waals surface area contributed by atoms with E-state index in [1.54, 1.807) is 0 Å². The van der Waals surface area contributed by atoms with Crippen LogP contribution < -0.4 is 11.2 Å². The maximum atomic E-state index is 8.83. The fourth-order valence-corrected chi connectivity index (χ4v) is 0.923. The Hall–Kier alpha value is -1.42. The smallest absolute Gasteiger partial charge is 0.423 e. The van der Waals surface area contributed by atoms with Crippen LogP contribution in [0.25, 0.3) is 0 Å². The van der Waals surface area contributed by atoms with Crippen LogP contribution in [0, 0.1) is 11.3 Å². The van der Waals surface area contributed by atoms with Gasteiger partial charge in [-0.05, 0) is 6.07 Å². The van der Waals surface area contributed by atoms with E-state index < -0.39 is 7.12 Å². The van der Waals surface area contributed by atoms with Crippen LogP contribution >= 0.6 is 0 Å². The monoisotopic (exact) mass is 177 g/mol. The van der Waals surface area contributed by atoms with E-state index in [1.165, 1.54) is 12.3 Å². The molecule has 1 aromatic heterocycles. The summed E-state index contributed by atoms with van der Waals surface area (Å²) in [6.45, 7) is 0.219. The summed E-state index contributed by atoms with van der Waals surface area (Å²) < 4.78 is 0. The Labute approximate surface area is 75.6 Å². The van der Waals surface area contributed by atoms with E-state index in [0.29, 0.717) is 5.69 Å². The van der Waals surface area contributed by atoms with Gasteiger partial charge in [0.05, 0.1) is 17.3 Å². The van der Waals surface area contributed by atoms with Gasteiger partial charge in [-0.1, -0.05) is 0 Å². The highest BCUT2D eigenvalue weighted by Gasteiger charge is 2.16. The van der Waals surface area contributed by atoms with Gasteiger partial charge in [0.1, 0.15) is 0 Å². The van der Waals surface area contributed by atoms with Crippen molar-refractivity contribution < 1.29 is 10.0 Å². The van der Waals surface area contributed by atoms with Crippen LogP contribution in [0.15, 0.2) is 12.3 Å². The Kier molecular flexibility index (Phi) is 2.98. The van der Waals surface area contributed by atoms with Crippen molar-refractivity contribution in [2.24, 2.45) is 5.73 Å². The first-order valence-corrected chi connectivity index (χ1v) is 3.64. The highest BCUT2D eigenvalue weighted by molar-refractivity contribution is 6.59. The van der Waals surface area contributed by atoms with E-state index in [9.17, 15) is 0 Å². The molecule has 0 spiro atoms. The maximum absolute atomic E-state index is 8.83. The lowest BCUT2D eigenvalue weighted by molar-refractivity contribution is 0.425. The molecule has 0 amide bonds. The largest absolute Gasteiger partial charge is 0.491 e. The first-order valence-electron chi connectivity index (χ1n) is 3.64. The van der Waals surface area contributed by atoms with Gasteiger partial charge in [0.15, 0.2) is 0 Å². The third-order valence-electron chi connectivity index (χ3n) is 1.60. The molecule has 13 heavy (non-hydrogen) atoms. The number of hydrogen-bond donors (Lipinski definition) is 3. The number of nitrogens with zero attached hydrogens (tertiary/aromatic N) is 2. The molecule has 6 heteroatoms. The minimum atomic E-state index is -1.67. The van der Waals surface area contributed by atoms with Gasteiger partial charge in [0.25, 0.3) is 0 Å². The number of aromatic nitrogens is 1. The molecule has 1 heterocycles. The Morgan fingerprint density at radius 3 is 2.77 bits per heavy atom. The molecule has 1 rings (SSSR count).